The van der Waals surface area contributed by atoms with Crippen molar-refractivity contribution in [2.45, 2.75) is 17.4 Å². The molecule has 110 valence electrons. The molecule has 0 aromatic carbocycles. The number of carbonyl (C=O) groups excluding carboxylic acids is 1. The van der Waals surface area contributed by atoms with Crippen molar-refractivity contribution in [3.05, 3.63) is 30.6 Å². The highest BCUT2D eigenvalue weighted by molar-refractivity contribution is 7.89. The molecule has 0 aliphatic carbocycles. The van der Waals surface area contributed by atoms with Gasteiger partial charge in [0.15, 0.2) is 0 Å². The van der Waals surface area contributed by atoms with Gasteiger partial charge < -0.3 is 15.0 Å². The van der Waals surface area contributed by atoms with Crippen LogP contribution in [0.3, 0.4) is 0 Å². The molecule has 0 aliphatic rings. The maximum Gasteiger partial charge on any atom is 0.326 e. The Morgan fingerprint density at radius 1 is 1.60 bits per heavy atom. The molecule has 0 saturated heterocycles. The predicted molar refractivity (Wildman–Crippen MR) is 70.5 cm³/mol. The van der Waals surface area contributed by atoms with Gasteiger partial charge in [0.05, 0.1) is 0 Å². The summed E-state index contributed by atoms with van der Waals surface area (Å²) < 4.78 is 23.6. The van der Waals surface area contributed by atoms with Crippen LogP contribution in [-0.2, 0) is 21.9 Å². The van der Waals surface area contributed by atoms with Gasteiger partial charge in [-0.05, 0) is 12.5 Å². The van der Waals surface area contributed by atoms with Crippen LogP contribution in [0.2, 0.25) is 0 Å². The lowest BCUT2D eigenvalue weighted by molar-refractivity contribution is -0.139. The summed E-state index contributed by atoms with van der Waals surface area (Å²) in [6.07, 6.45) is 2.58. The number of carbonyl (C=O) groups is 2. The third kappa shape index (κ3) is 3.68. The Morgan fingerprint density at radius 2 is 2.20 bits per heavy atom. The Balaban J connectivity index is 3.01. The summed E-state index contributed by atoms with van der Waals surface area (Å²) in [6.45, 7) is 3.40. The fourth-order valence-corrected chi connectivity index (χ4v) is 2.12. The van der Waals surface area contributed by atoms with Gasteiger partial charge in [0, 0.05) is 13.2 Å². The minimum Gasteiger partial charge on any atom is -0.480 e. The lowest BCUT2D eigenvalue weighted by Crippen LogP contribution is -2.41. The Kier molecular flexibility index (Phi) is 4.69. The molecule has 1 amide bonds. The van der Waals surface area contributed by atoms with Crippen molar-refractivity contribution in [1.29, 1.82) is 0 Å². The minimum absolute atomic E-state index is 0.00987. The van der Waals surface area contributed by atoms with E-state index in [-0.39, 0.29) is 17.0 Å². The Bertz CT molecular complexity index is 647. The van der Waals surface area contributed by atoms with E-state index in [9.17, 15) is 18.0 Å². The number of nitrogens with zero attached hydrogens (tertiary/aromatic N) is 1. The lowest BCUT2D eigenvalue weighted by Gasteiger charge is -2.12. The first-order valence-electron chi connectivity index (χ1n) is 5.50. The molecule has 1 rings (SSSR count). The number of carboxylic acid groups (broad SMARTS) is 1. The topological polar surface area (TPSA) is 131 Å². The highest BCUT2D eigenvalue weighted by Crippen LogP contribution is 2.12. The summed E-state index contributed by atoms with van der Waals surface area (Å²) in [5.41, 5.74) is -0.00987. The second-order valence-corrected chi connectivity index (χ2v) is 5.67. The molecule has 1 aromatic rings. The fourth-order valence-electron chi connectivity index (χ4n) is 1.54. The number of nitrogens with two attached hydrogens (primary N) is 1. The molecule has 1 unspecified atom stereocenters. The van der Waals surface area contributed by atoms with E-state index in [1.807, 2.05) is 0 Å². The first-order valence-corrected chi connectivity index (χ1v) is 7.05. The normalized spacial score (nSPS) is 12.7. The predicted octanol–water partition coefficient (Wildman–Crippen LogP) is -0.568. The molecule has 0 bridgehead atoms. The number of amides is 1. The summed E-state index contributed by atoms with van der Waals surface area (Å²) in [5, 5.41) is 16.1. The quantitative estimate of drug-likeness (QED) is 0.605. The van der Waals surface area contributed by atoms with Crippen molar-refractivity contribution in [3.8, 4) is 0 Å². The van der Waals surface area contributed by atoms with Crippen molar-refractivity contribution in [1.82, 2.24) is 9.88 Å². The SMILES string of the molecule is C=CCC(NC(=O)c1cc(S(N)(=O)=O)cn1C)C(=O)O. The fraction of sp³-hybridized carbons (Fsp3) is 0.273. The van der Waals surface area contributed by atoms with E-state index < -0.39 is 27.9 Å². The molecule has 0 spiro atoms. The third-order valence-corrected chi connectivity index (χ3v) is 3.43. The molecule has 9 heteroatoms. The van der Waals surface area contributed by atoms with Crippen LogP contribution in [0.4, 0.5) is 0 Å². The zero-order valence-electron chi connectivity index (χ0n) is 10.7. The van der Waals surface area contributed by atoms with Crippen molar-refractivity contribution >= 4 is 21.9 Å². The highest BCUT2D eigenvalue weighted by Gasteiger charge is 2.22. The lowest BCUT2D eigenvalue weighted by atomic mass is 10.2. The number of rotatable bonds is 6. The number of aryl methyl sites for hydroxylation is 1. The van der Waals surface area contributed by atoms with E-state index in [0.717, 1.165) is 6.07 Å². The van der Waals surface area contributed by atoms with E-state index in [1.54, 1.807) is 0 Å². The van der Waals surface area contributed by atoms with Crippen LogP contribution < -0.4 is 10.5 Å². The maximum absolute atomic E-state index is 11.9. The molecule has 4 N–H and O–H groups in total. The van der Waals surface area contributed by atoms with Gasteiger partial charge in [-0.2, -0.15) is 0 Å². The van der Waals surface area contributed by atoms with Crippen LogP contribution in [0.5, 0.6) is 0 Å². The standard InChI is InChI=1S/C11H15N3O5S/c1-3-4-8(11(16)17)13-10(15)9-5-7(6-14(9)2)20(12,18)19/h3,5-6,8H,1,4H2,2H3,(H,13,15)(H,16,17)(H2,12,18,19). The van der Waals surface area contributed by atoms with E-state index >= 15 is 0 Å². The summed E-state index contributed by atoms with van der Waals surface area (Å²) in [7, 11) is -2.48. The Morgan fingerprint density at radius 3 is 2.60 bits per heavy atom. The van der Waals surface area contributed by atoms with Gasteiger partial charge in [0.2, 0.25) is 10.0 Å². The molecule has 1 atom stereocenters. The number of carboxylic acids is 1. The molecule has 1 heterocycles. The smallest absolute Gasteiger partial charge is 0.326 e. The van der Waals surface area contributed by atoms with Gasteiger partial charge in [-0.25, -0.2) is 18.4 Å². The summed E-state index contributed by atoms with van der Waals surface area (Å²) in [6, 6.07) is -0.0508. The van der Waals surface area contributed by atoms with E-state index in [2.05, 4.69) is 11.9 Å². The van der Waals surface area contributed by atoms with Gasteiger partial charge >= 0.3 is 5.97 Å². The van der Waals surface area contributed by atoms with Crippen LogP contribution in [0.25, 0.3) is 0 Å². The van der Waals surface area contributed by atoms with Crippen LogP contribution in [0.15, 0.2) is 29.8 Å². The number of hydrogen-bond donors (Lipinski definition) is 3. The minimum atomic E-state index is -3.93. The number of hydrogen-bond acceptors (Lipinski definition) is 4. The van der Waals surface area contributed by atoms with E-state index in [4.69, 9.17) is 10.2 Å². The average molecular weight is 301 g/mol. The second-order valence-electron chi connectivity index (χ2n) is 4.11. The number of aromatic nitrogens is 1. The zero-order valence-corrected chi connectivity index (χ0v) is 11.6. The molecule has 20 heavy (non-hydrogen) atoms. The van der Waals surface area contributed by atoms with E-state index in [1.165, 1.54) is 23.9 Å². The van der Waals surface area contributed by atoms with Crippen LogP contribution in [0.1, 0.15) is 16.9 Å². The number of sulfonamides is 1. The number of primary sulfonamides is 1. The molecule has 0 radical (unpaired) electrons. The zero-order chi connectivity index (χ0) is 15.5. The molecular weight excluding hydrogens is 286 g/mol. The molecule has 0 fully saturated rings. The molecule has 1 aromatic heterocycles. The van der Waals surface area contributed by atoms with Crippen molar-refractivity contribution in [2.75, 3.05) is 0 Å². The number of nitrogens with one attached hydrogen (secondary N) is 1. The van der Waals surface area contributed by atoms with Gasteiger partial charge in [-0.3, -0.25) is 4.79 Å². The molecule has 0 aliphatic heterocycles. The largest absolute Gasteiger partial charge is 0.480 e. The van der Waals surface area contributed by atoms with Crippen LogP contribution >= 0.6 is 0 Å². The Hall–Kier alpha value is -2.13. The maximum atomic E-state index is 11.9. The van der Waals surface area contributed by atoms with E-state index in [0.29, 0.717) is 0 Å². The van der Waals surface area contributed by atoms with Gasteiger partial charge in [0.25, 0.3) is 5.91 Å². The molecule has 8 nitrogen and oxygen atoms in total. The summed E-state index contributed by atoms with van der Waals surface area (Å²) >= 11 is 0. The molecule has 0 saturated carbocycles. The second kappa shape index (κ2) is 5.88. The van der Waals surface area contributed by atoms with Crippen LogP contribution in [-0.4, -0.2) is 36.0 Å². The average Bonchev–Trinajstić information content (AvgIpc) is 2.70. The van der Waals surface area contributed by atoms with Gasteiger partial charge in [-0.1, -0.05) is 6.08 Å². The van der Waals surface area contributed by atoms with Crippen LogP contribution in [0, 0.1) is 0 Å². The summed E-state index contributed by atoms with van der Waals surface area (Å²) in [4.78, 5) is 22.6. The Labute approximate surface area is 115 Å². The summed E-state index contributed by atoms with van der Waals surface area (Å²) in [5.74, 6) is -1.92. The molecular formula is C11H15N3O5S. The monoisotopic (exact) mass is 301 g/mol. The highest BCUT2D eigenvalue weighted by atomic mass is 32.2. The first kappa shape index (κ1) is 15.9. The number of aliphatic carboxylic acids is 1. The van der Waals surface area contributed by atoms with Crippen molar-refractivity contribution in [3.63, 3.8) is 0 Å². The van der Waals surface area contributed by atoms with Gasteiger partial charge in [0.1, 0.15) is 16.6 Å². The van der Waals surface area contributed by atoms with Gasteiger partial charge in [-0.15, -0.1) is 6.58 Å². The third-order valence-electron chi connectivity index (χ3n) is 2.55. The first-order chi connectivity index (χ1) is 9.16. The van der Waals surface area contributed by atoms with Crippen molar-refractivity contribution in [2.24, 2.45) is 12.2 Å². The van der Waals surface area contributed by atoms with Crippen molar-refractivity contribution < 1.29 is 23.1 Å².